The molecule has 0 aliphatic rings. The fourth-order valence-corrected chi connectivity index (χ4v) is 2.48. The number of hydrogen-bond acceptors (Lipinski definition) is 2. The van der Waals surface area contributed by atoms with Crippen LogP contribution >= 0.6 is 0 Å². The lowest BCUT2D eigenvalue weighted by Gasteiger charge is -2.03. The monoisotopic (exact) mass is 271 g/mol. The Hall–Kier alpha value is -0.0800. The smallest absolute Gasteiger partial charge is 0.0940 e. The van der Waals surface area contributed by atoms with Crippen LogP contribution in [0.15, 0.2) is 0 Å². The third-order valence-electron chi connectivity index (χ3n) is 3.76. The summed E-state index contributed by atoms with van der Waals surface area (Å²) in [6.07, 6.45) is 19.6. The Balaban J connectivity index is 2.88. The SMILES string of the molecule is CCCCCCCCCCCCCCCCOCN. The fourth-order valence-electron chi connectivity index (χ4n) is 2.48. The molecule has 0 aromatic carbocycles. The standard InChI is InChI=1S/C17H37NO/c1-2-3-4-5-6-7-8-9-10-11-12-13-14-15-16-19-17-18/h2-18H2,1H3. The highest BCUT2D eigenvalue weighted by atomic mass is 16.5. The van der Waals surface area contributed by atoms with Crippen molar-refractivity contribution in [1.29, 1.82) is 0 Å². The van der Waals surface area contributed by atoms with Gasteiger partial charge in [-0.1, -0.05) is 90.4 Å². The molecule has 0 radical (unpaired) electrons. The predicted molar refractivity (Wildman–Crippen MR) is 85.3 cm³/mol. The zero-order chi connectivity index (χ0) is 14.0. The van der Waals surface area contributed by atoms with Crippen LogP contribution in [0.3, 0.4) is 0 Å². The van der Waals surface area contributed by atoms with Crippen molar-refractivity contribution in [2.24, 2.45) is 5.73 Å². The van der Waals surface area contributed by atoms with Gasteiger partial charge < -0.3 is 10.5 Å². The molecule has 0 aliphatic carbocycles. The molecule has 2 N–H and O–H groups in total. The van der Waals surface area contributed by atoms with Crippen molar-refractivity contribution in [2.75, 3.05) is 13.3 Å². The molecule has 0 aromatic rings. The minimum Gasteiger partial charge on any atom is -0.367 e. The molecule has 0 aromatic heterocycles. The number of nitrogens with two attached hydrogens (primary N) is 1. The predicted octanol–water partition coefficient (Wildman–Crippen LogP) is 5.40. The second kappa shape index (κ2) is 17.9. The van der Waals surface area contributed by atoms with Gasteiger partial charge in [-0.3, -0.25) is 0 Å². The van der Waals surface area contributed by atoms with Gasteiger partial charge in [0.15, 0.2) is 0 Å². The molecule has 0 bridgehead atoms. The van der Waals surface area contributed by atoms with Crippen LogP contribution in [0.25, 0.3) is 0 Å². The third kappa shape index (κ3) is 17.9. The van der Waals surface area contributed by atoms with Gasteiger partial charge in [-0.15, -0.1) is 0 Å². The minimum absolute atomic E-state index is 0.373. The maximum Gasteiger partial charge on any atom is 0.0940 e. The van der Waals surface area contributed by atoms with Gasteiger partial charge in [0.25, 0.3) is 0 Å². The van der Waals surface area contributed by atoms with E-state index in [9.17, 15) is 0 Å². The lowest BCUT2D eigenvalue weighted by molar-refractivity contribution is 0.136. The Kier molecular flexibility index (Phi) is 17.8. The molecule has 0 saturated heterocycles. The first-order chi connectivity index (χ1) is 9.41. The van der Waals surface area contributed by atoms with E-state index in [-0.39, 0.29) is 0 Å². The summed E-state index contributed by atoms with van der Waals surface area (Å²) in [4.78, 5) is 0. The normalized spacial score (nSPS) is 11.1. The average Bonchev–Trinajstić information content (AvgIpc) is 2.43. The van der Waals surface area contributed by atoms with E-state index in [1.54, 1.807) is 0 Å². The molecule has 19 heavy (non-hydrogen) atoms. The van der Waals surface area contributed by atoms with E-state index in [2.05, 4.69) is 6.92 Å². The lowest BCUT2D eigenvalue weighted by atomic mass is 10.0. The zero-order valence-corrected chi connectivity index (χ0v) is 13.3. The molecule has 116 valence electrons. The maximum atomic E-state index is 5.26. The van der Waals surface area contributed by atoms with Crippen LogP contribution in [0.2, 0.25) is 0 Å². The average molecular weight is 271 g/mol. The molecule has 0 spiro atoms. The number of hydrogen-bond donors (Lipinski definition) is 1. The Morgan fingerprint density at radius 1 is 0.579 bits per heavy atom. The van der Waals surface area contributed by atoms with E-state index in [1.807, 2.05) is 0 Å². The van der Waals surface area contributed by atoms with Gasteiger partial charge in [0.05, 0.1) is 6.73 Å². The molecule has 0 atom stereocenters. The van der Waals surface area contributed by atoms with E-state index >= 15 is 0 Å². The molecule has 0 rings (SSSR count). The van der Waals surface area contributed by atoms with E-state index in [1.165, 1.54) is 89.9 Å². The van der Waals surface area contributed by atoms with E-state index in [0.717, 1.165) is 6.61 Å². The Labute approximate surface area is 121 Å². The van der Waals surface area contributed by atoms with Crippen molar-refractivity contribution < 1.29 is 4.74 Å². The van der Waals surface area contributed by atoms with E-state index < -0.39 is 0 Å². The quantitative estimate of drug-likeness (QED) is 0.301. The van der Waals surface area contributed by atoms with Gasteiger partial charge >= 0.3 is 0 Å². The van der Waals surface area contributed by atoms with Crippen LogP contribution in [0.5, 0.6) is 0 Å². The highest BCUT2D eigenvalue weighted by molar-refractivity contribution is 4.49. The number of unbranched alkanes of at least 4 members (excludes halogenated alkanes) is 13. The van der Waals surface area contributed by atoms with Crippen LogP contribution in [0, 0.1) is 0 Å². The van der Waals surface area contributed by atoms with Crippen molar-refractivity contribution in [3.8, 4) is 0 Å². The molecule has 0 aliphatic heterocycles. The number of rotatable bonds is 16. The van der Waals surface area contributed by atoms with Crippen LogP contribution < -0.4 is 5.73 Å². The maximum absolute atomic E-state index is 5.26. The lowest BCUT2D eigenvalue weighted by Crippen LogP contribution is -2.05. The van der Waals surface area contributed by atoms with Gasteiger partial charge in [0.1, 0.15) is 0 Å². The van der Waals surface area contributed by atoms with E-state index in [4.69, 9.17) is 10.5 Å². The summed E-state index contributed by atoms with van der Waals surface area (Å²) >= 11 is 0. The molecule has 2 nitrogen and oxygen atoms in total. The zero-order valence-electron chi connectivity index (χ0n) is 13.3. The first kappa shape index (κ1) is 18.9. The van der Waals surface area contributed by atoms with Crippen molar-refractivity contribution in [2.45, 2.75) is 96.8 Å². The summed E-state index contributed by atoms with van der Waals surface area (Å²) in [5.41, 5.74) is 5.26. The largest absolute Gasteiger partial charge is 0.367 e. The highest BCUT2D eigenvalue weighted by Gasteiger charge is 1.94. The summed E-state index contributed by atoms with van der Waals surface area (Å²) in [6, 6.07) is 0. The Morgan fingerprint density at radius 2 is 0.947 bits per heavy atom. The second-order valence-electron chi connectivity index (χ2n) is 5.67. The molecule has 0 saturated carbocycles. The topological polar surface area (TPSA) is 35.2 Å². The van der Waals surface area contributed by atoms with Crippen LogP contribution in [0.4, 0.5) is 0 Å². The second-order valence-corrected chi connectivity index (χ2v) is 5.67. The van der Waals surface area contributed by atoms with Gasteiger partial charge in [-0.2, -0.15) is 0 Å². The molecule has 0 unspecified atom stereocenters. The molecule has 0 fully saturated rings. The Bertz CT molecular complexity index is 134. The van der Waals surface area contributed by atoms with Crippen molar-refractivity contribution in [3.05, 3.63) is 0 Å². The first-order valence-corrected chi connectivity index (χ1v) is 8.69. The van der Waals surface area contributed by atoms with Crippen LogP contribution in [-0.4, -0.2) is 13.3 Å². The molecular weight excluding hydrogens is 234 g/mol. The van der Waals surface area contributed by atoms with Gasteiger partial charge in [0.2, 0.25) is 0 Å². The van der Waals surface area contributed by atoms with Crippen molar-refractivity contribution in [1.82, 2.24) is 0 Å². The summed E-state index contributed by atoms with van der Waals surface area (Å²) in [5.74, 6) is 0. The van der Waals surface area contributed by atoms with Gasteiger partial charge in [-0.05, 0) is 6.42 Å². The summed E-state index contributed by atoms with van der Waals surface area (Å²) < 4.78 is 5.12. The Morgan fingerprint density at radius 3 is 1.32 bits per heavy atom. The van der Waals surface area contributed by atoms with Crippen molar-refractivity contribution >= 4 is 0 Å². The number of ether oxygens (including phenoxy) is 1. The van der Waals surface area contributed by atoms with Crippen molar-refractivity contribution in [3.63, 3.8) is 0 Å². The van der Waals surface area contributed by atoms with Gasteiger partial charge in [0, 0.05) is 6.61 Å². The van der Waals surface area contributed by atoms with Crippen LogP contribution in [-0.2, 0) is 4.74 Å². The molecule has 0 heterocycles. The molecular formula is C17H37NO. The summed E-state index contributed by atoms with van der Waals surface area (Å²) in [5, 5.41) is 0. The highest BCUT2D eigenvalue weighted by Crippen LogP contribution is 2.12. The van der Waals surface area contributed by atoms with Crippen LogP contribution in [0.1, 0.15) is 96.8 Å². The molecule has 2 heteroatoms. The minimum atomic E-state index is 0.373. The molecule has 0 amide bonds. The fraction of sp³-hybridized carbons (Fsp3) is 1.00. The first-order valence-electron chi connectivity index (χ1n) is 8.69. The summed E-state index contributed by atoms with van der Waals surface area (Å²) in [7, 11) is 0. The van der Waals surface area contributed by atoms with Gasteiger partial charge in [-0.25, -0.2) is 0 Å². The van der Waals surface area contributed by atoms with E-state index in [0.29, 0.717) is 6.73 Å². The summed E-state index contributed by atoms with van der Waals surface area (Å²) in [6.45, 7) is 3.50. The third-order valence-corrected chi connectivity index (χ3v) is 3.76.